The lowest BCUT2D eigenvalue weighted by atomic mass is 9.63. The summed E-state index contributed by atoms with van der Waals surface area (Å²) in [4.78, 5) is 0. The molecule has 0 bridgehead atoms. The van der Waals surface area contributed by atoms with E-state index < -0.39 is 0 Å². The van der Waals surface area contributed by atoms with Gasteiger partial charge in [0.15, 0.2) is 0 Å². The number of allylic oxidation sites excluding steroid dienone is 1. The van der Waals surface area contributed by atoms with Crippen molar-refractivity contribution in [2.45, 2.75) is 46.5 Å². The highest BCUT2D eigenvalue weighted by atomic mass is 14.5. The summed E-state index contributed by atoms with van der Waals surface area (Å²) in [6.07, 6.45) is 2.39. The van der Waals surface area contributed by atoms with E-state index >= 15 is 0 Å². The Hall–Kier alpha value is -2.60. The number of hydrogen-bond donors (Lipinski definition) is 0. The molecule has 0 heteroatoms. The highest BCUT2D eigenvalue weighted by Crippen LogP contribution is 2.60. The highest BCUT2D eigenvalue weighted by Gasteiger charge is 2.46. The van der Waals surface area contributed by atoms with Gasteiger partial charge in [-0.3, -0.25) is 0 Å². The van der Waals surface area contributed by atoms with Gasteiger partial charge >= 0.3 is 0 Å². The third kappa shape index (κ3) is 2.37. The smallest absolute Gasteiger partial charge is 0.0162 e. The monoisotopic (exact) mass is 364 g/mol. The van der Waals surface area contributed by atoms with Crippen LogP contribution < -0.4 is 0 Å². The van der Waals surface area contributed by atoms with Crippen molar-refractivity contribution in [3.63, 3.8) is 0 Å². The minimum atomic E-state index is 0.0811. The first-order valence-electron chi connectivity index (χ1n) is 10.4. The Bertz CT molecular complexity index is 1080. The summed E-state index contributed by atoms with van der Waals surface area (Å²) >= 11 is 0. The molecule has 3 aromatic carbocycles. The molecule has 0 saturated carbocycles. The van der Waals surface area contributed by atoms with Crippen LogP contribution in [0, 0.1) is 19.3 Å². The summed E-state index contributed by atoms with van der Waals surface area (Å²) in [5.74, 6) is 0.841. The lowest BCUT2D eigenvalue weighted by Crippen LogP contribution is -2.29. The van der Waals surface area contributed by atoms with Gasteiger partial charge in [0.25, 0.3) is 0 Å². The van der Waals surface area contributed by atoms with Crippen LogP contribution >= 0.6 is 0 Å². The van der Waals surface area contributed by atoms with Crippen LogP contribution in [0.15, 0.2) is 66.2 Å². The van der Waals surface area contributed by atoms with Crippen LogP contribution in [0.5, 0.6) is 0 Å². The lowest BCUT2D eigenvalue weighted by Gasteiger charge is -2.40. The predicted octanol–water partition coefficient (Wildman–Crippen LogP) is 7.64. The molecule has 2 aliphatic rings. The predicted molar refractivity (Wildman–Crippen MR) is 120 cm³/mol. The van der Waals surface area contributed by atoms with Gasteiger partial charge < -0.3 is 0 Å². The van der Waals surface area contributed by atoms with Gasteiger partial charge in [-0.2, -0.15) is 0 Å². The zero-order valence-electron chi connectivity index (χ0n) is 17.5. The molecule has 0 radical (unpaired) electrons. The van der Waals surface area contributed by atoms with Gasteiger partial charge in [-0.1, -0.05) is 97.3 Å². The summed E-state index contributed by atoms with van der Waals surface area (Å²) < 4.78 is 0. The minimum absolute atomic E-state index is 0.0811. The zero-order chi connectivity index (χ0) is 19.6. The van der Waals surface area contributed by atoms with E-state index in [1.54, 1.807) is 0 Å². The molecule has 28 heavy (non-hydrogen) atoms. The van der Waals surface area contributed by atoms with Crippen LogP contribution in [0.1, 0.15) is 66.0 Å². The third-order valence-electron chi connectivity index (χ3n) is 6.96. The fourth-order valence-corrected chi connectivity index (χ4v) is 5.91. The fourth-order valence-electron chi connectivity index (χ4n) is 5.91. The maximum absolute atomic E-state index is 2.47. The average molecular weight is 365 g/mol. The molecule has 0 fully saturated rings. The molecule has 1 unspecified atom stereocenters. The topological polar surface area (TPSA) is 0 Å². The van der Waals surface area contributed by atoms with Crippen molar-refractivity contribution in [1.82, 2.24) is 0 Å². The molecule has 5 rings (SSSR count). The Morgan fingerprint density at radius 3 is 1.82 bits per heavy atom. The largest absolute Gasteiger partial charge is 0.0646 e. The minimum Gasteiger partial charge on any atom is -0.0646 e. The quantitative estimate of drug-likeness (QED) is 0.438. The summed E-state index contributed by atoms with van der Waals surface area (Å²) in [7, 11) is 0. The van der Waals surface area contributed by atoms with Gasteiger partial charge in [0.1, 0.15) is 0 Å². The first-order valence-corrected chi connectivity index (χ1v) is 10.4. The van der Waals surface area contributed by atoms with Crippen molar-refractivity contribution in [1.29, 1.82) is 0 Å². The number of fused-ring (bicyclic) bond motifs is 4. The van der Waals surface area contributed by atoms with E-state index in [9.17, 15) is 0 Å². The van der Waals surface area contributed by atoms with Crippen molar-refractivity contribution in [2.24, 2.45) is 5.41 Å². The van der Waals surface area contributed by atoms with Gasteiger partial charge in [0.05, 0.1) is 0 Å². The molecule has 0 aromatic heterocycles. The van der Waals surface area contributed by atoms with Crippen molar-refractivity contribution in [2.75, 3.05) is 0 Å². The van der Waals surface area contributed by atoms with Crippen LogP contribution in [-0.2, 0) is 0 Å². The van der Waals surface area contributed by atoms with Crippen molar-refractivity contribution in [3.05, 3.63) is 99.6 Å². The molecule has 2 aliphatic carbocycles. The Kier molecular flexibility index (Phi) is 3.72. The highest BCUT2D eigenvalue weighted by molar-refractivity contribution is 5.81. The summed E-state index contributed by atoms with van der Waals surface area (Å²) in [6.45, 7) is 11.7. The molecular weight excluding hydrogens is 336 g/mol. The molecule has 0 saturated heterocycles. The number of rotatable bonds is 2. The van der Waals surface area contributed by atoms with Gasteiger partial charge in [0.2, 0.25) is 0 Å². The van der Waals surface area contributed by atoms with Crippen molar-refractivity contribution in [3.8, 4) is 11.1 Å². The molecular formula is C28H28. The maximum Gasteiger partial charge on any atom is 0.0162 e. The zero-order valence-corrected chi connectivity index (χ0v) is 17.5. The molecule has 0 heterocycles. The van der Waals surface area contributed by atoms with Crippen LogP contribution in [0.2, 0.25) is 0 Å². The van der Waals surface area contributed by atoms with Crippen LogP contribution in [0.25, 0.3) is 17.2 Å². The average Bonchev–Trinajstić information content (AvgIpc) is 3.16. The second-order valence-corrected chi connectivity index (χ2v) is 9.39. The van der Waals surface area contributed by atoms with E-state index in [-0.39, 0.29) is 5.41 Å². The van der Waals surface area contributed by atoms with Crippen molar-refractivity contribution < 1.29 is 0 Å². The summed E-state index contributed by atoms with van der Waals surface area (Å²) in [6, 6.07) is 23.0. The molecule has 0 nitrogen and oxygen atoms in total. The molecule has 140 valence electrons. The van der Waals surface area contributed by atoms with Gasteiger partial charge in [-0.05, 0) is 59.6 Å². The number of aryl methyl sites for hydroxylation is 2. The Balaban J connectivity index is 1.73. The molecule has 1 atom stereocenters. The number of benzene rings is 3. The van der Waals surface area contributed by atoms with Crippen molar-refractivity contribution >= 4 is 6.08 Å². The van der Waals surface area contributed by atoms with E-state index in [0.717, 1.165) is 0 Å². The standard InChI is InChI=1S/C28H28/c1-17-10-12-22-24(14-17)25-15-18(2)11-13-23(25)27(22)28(4,5)26-19(3)16-20-8-6-7-9-21(20)26/h6-16,26-27H,1-5H3. The summed E-state index contributed by atoms with van der Waals surface area (Å²) in [5.41, 5.74) is 13.0. The van der Waals surface area contributed by atoms with E-state index in [4.69, 9.17) is 0 Å². The maximum atomic E-state index is 2.47. The van der Waals surface area contributed by atoms with Crippen LogP contribution in [0.4, 0.5) is 0 Å². The molecule has 0 N–H and O–H groups in total. The second-order valence-electron chi connectivity index (χ2n) is 9.39. The Morgan fingerprint density at radius 2 is 1.21 bits per heavy atom. The van der Waals surface area contributed by atoms with Crippen LogP contribution in [-0.4, -0.2) is 0 Å². The van der Waals surface area contributed by atoms with Gasteiger partial charge in [-0.15, -0.1) is 0 Å². The molecule has 0 amide bonds. The summed E-state index contributed by atoms with van der Waals surface area (Å²) in [5, 5.41) is 0. The first kappa shape index (κ1) is 17.5. The second kappa shape index (κ2) is 5.95. The van der Waals surface area contributed by atoms with E-state index in [1.807, 2.05) is 0 Å². The molecule has 3 aromatic rings. The number of hydrogen-bond acceptors (Lipinski definition) is 0. The molecule has 0 spiro atoms. The lowest BCUT2D eigenvalue weighted by molar-refractivity contribution is 0.278. The normalized spacial score (nSPS) is 17.9. The van der Waals surface area contributed by atoms with E-state index in [1.165, 1.54) is 50.1 Å². The Labute approximate surface area is 168 Å². The van der Waals surface area contributed by atoms with Gasteiger partial charge in [-0.25, -0.2) is 0 Å². The first-order chi connectivity index (χ1) is 13.4. The van der Waals surface area contributed by atoms with E-state index in [0.29, 0.717) is 11.8 Å². The Morgan fingerprint density at radius 1 is 0.643 bits per heavy atom. The third-order valence-corrected chi connectivity index (χ3v) is 6.96. The molecule has 0 aliphatic heterocycles. The van der Waals surface area contributed by atoms with Gasteiger partial charge in [0, 0.05) is 11.8 Å². The SMILES string of the molecule is CC1=Cc2ccccc2C1C(C)(C)C1c2ccc(C)cc2-c2cc(C)ccc21. The van der Waals surface area contributed by atoms with E-state index in [2.05, 4.69) is 101 Å². The van der Waals surface area contributed by atoms with Crippen LogP contribution in [0.3, 0.4) is 0 Å². The fraction of sp³-hybridized carbons (Fsp3) is 0.286.